The Morgan fingerprint density at radius 3 is 2.37 bits per heavy atom. The lowest BCUT2D eigenvalue weighted by Gasteiger charge is -2.42. The van der Waals surface area contributed by atoms with Gasteiger partial charge in [0.15, 0.2) is 0 Å². The number of rotatable bonds is 6. The summed E-state index contributed by atoms with van der Waals surface area (Å²) >= 11 is 0. The number of likely N-dealkylation sites (N-methyl/N-ethyl adjacent to an activating group) is 1. The fraction of sp³-hybridized carbons (Fsp3) is 0.933. The molecule has 1 saturated heterocycles. The second kappa shape index (κ2) is 7.23. The van der Waals surface area contributed by atoms with E-state index in [1.807, 2.05) is 6.92 Å². The summed E-state index contributed by atoms with van der Waals surface area (Å²) in [6.45, 7) is 12.9. The first kappa shape index (κ1) is 16.4. The van der Waals surface area contributed by atoms with E-state index in [2.05, 4.69) is 49.0 Å². The third kappa shape index (κ3) is 4.76. The molecule has 4 heteroatoms. The molecule has 1 rings (SSSR count). The van der Waals surface area contributed by atoms with E-state index in [9.17, 15) is 5.26 Å². The first-order valence-corrected chi connectivity index (χ1v) is 7.52. The van der Waals surface area contributed by atoms with Crippen LogP contribution in [0.5, 0.6) is 0 Å². The lowest BCUT2D eigenvalue weighted by atomic mass is 9.97. The molecule has 1 N–H and O–H groups in total. The molecule has 0 aromatic rings. The van der Waals surface area contributed by atoms with Crippen LogP contribution in [0.2, 0.25) is 0 Å². The van der Waals surface area contributed by atoms with Crippen LogP contribution in [-0.4, -0.2) is 60.6 Å². The molecule has 0 spiro atoms. The molecule has 0 aromatic heterocycles. The highest BCUT2D eigenvalue weighted by Crippen LogP contribution is 2.16. The van der Waals surface area contributed by atoms with Gasteiger partial charge in [-0.05, 0) is 53.8 Å². The maximum absolute atomic E-state index is 9.24. The number of nitriles is 1. The molecule has 4 nitrogen and oxygen atoms in total. The van der Waals surface area contributed by atoms with Crippen LogP contribution in [0, 0.1) is 11.3 Å². The van der Waals surface area contributed by atoms with E-state index in [-0.39, 0.29) is 5.54 Å². The Balaban J connectivity index is 2.35. The van der Waals surface area contributed by atoms with E-state index in [0.29, 0.717) is 12.1 Å². The molecule has 110 valence electrons. The molecule has 0 saturated carbocycles. The third-order valence-electron chi connectivity index (χ3n) is 4.40. The van der Waals surface area contributed by atoms with Crippen molar-refractivity contribution in [3.63, 3.8) is 0 Å². The summed E-state index contributed by atoms with van der Waals surface area (Å²) in [4.78, 5) is 4.99. The summed E-state index contributed by atoms with van der Waals surface area (Å²) < 4.78 is 0. The van der Waals surface area contributed by atoms with Crippen LogP contribution in [0.3, 0.4) is 0 Å². The Hall–Kier alpha value is -0.630. The average molecular weight is 266 g/mol. The van der Waals surface area contributed by atoms with Crippen LogP contribution in [0.25, 0.3) is 0 Å². The number of hydrogen-bond donors (Lipinski definition) is 1. The van der Waals surface area contributed by atoms with E-state index in [1.165, 1.54) is 0 Å². The predicted octanol–water partition coefficient (Wildman–Crippen LogP) is 1.68. The zero-order chi connectivity index (χ0) is 14.5. The van der Waals surface area contributed by atoms with Crippen molar-refractivity contribution in [2.75, 3.05) is 33.2 Å². The monoisotopic (exact) mass is 266 g/mol. The lowest BCUT2D eigenvalue weighted by Crippen LogP contribution is -2.55. The minimum absolute atomic E-state index is 0.363. The van der Waals surface area contributed by atoms with Gasteiger partial charge in [0.05, 0.1) is 6.07 Å². The van der Waals surface area contributed by atoms with Gasteiger partial charge in [-0.15, -0.1) is 0 Å². The predicted molar refractivity (Wildman–Crippen MR) is 80.1 cm³/mol. The van der Waals surface area contributed by atoms with Gasteiger partial charge in [-0.1, -0.05) is 6.92 Å². The minimum atomic E-state index is -0.363. The Bertz CT molecular complexity index is 300. The van der Waals surface area contributed by atoms with E-state index in [1.54, 1.807) is 0 Å². The minimum Gasteiger partial charge on any atom is -0.300 e. The van der Waals surface area contributed by atoms with Crippen molar-refractivity contribution in [1.29, 1.82) is 5.26 Å². The molecule has 1 fully saturated rings. The number of piperazine rings is 1. The second-order valence-electron chi connectivity index (χ2n) is 6.20. The Morgan fingerprint density at radius 1 is 1.32 bits per heavy atom. The molecule has 0 aliphatic carbocycles. The molecular weight excluding hydrogens is 236 g/mol. The molecule has 1 aliphatic rings. The molecule has 0 amide bonds. The van der Waals surface area contributed by atoms with Crippen molar-refractivity contribution in [1.82, 2.24) is 15.1 Å². The van der Waals surface area contributed by atoms with Crippen molar-refractivity contribution in [2.45, 2.75) is 58.2 Å². The van der Waals surface area contributed by atoms with Gasteiger partial charge in [0.25, 0.3) is 0 Å². The number of nitrogens with one attached hydrogen (secondary N) is 1. The second-order valence-corrected chi connectivity index (χ2v) is 6.20. The van der Waals surface area contributed by atoms with Gasteiger partial charge in [-0.2, -0.15) is 5.26 Å². The Morgan fingerprint density at radius 2 is 1.89 bits per heavy atom. The highest BCUT2D eigenvalue weighted by atomic mass is 15.3. The van der Waals surface area contributed by atoms with Gasteiger partial charge < -0.3 is 4.90 Å². The van der Waals surface area contributed by atoms with Gasteiger partial charge in [0.2, 0.25) is 0 Å². The first-order valence-electron chi connectivity index (χ1n) is 7.52. The fourth-order valence-electron chi connectivity index (χ4n) is 2.93. The average Bonchev–Trinajstić information content (AvgIpc) is 2.36. The molecule has 19 heavy (non-hydrogen) atoms. The van der Waals surface area contributed by atoms with Crippen molar-refractivity contribution >= 4 is 0 Å². The van der Waals surface area contributed by atoms with Gasteiger partial charge in [-0.3, -0.25) is 10.2 Å². The molecular formula is C15H30N4. The number of hydrogen-bond acceptors (Lipinski definition) is 4. The highest BCUT2D eigenvalue weighted by molar-refractivity contribution is 5.03. The maximum atomic E-state index is 9.24. The van der Waals surface area contributed by atoms with Crippen LogP contribution in [0.1, 0.15) is 40.5 Å². The maximum Gasteiger partial charge on any atom is 0.103 e. The van der Waals surface area contributed by atoms with Crippen LogP contribution in [-0.2, 0) is 0 Å². The van der Waals surface area contributed by atoms with Gasteiger partial charge in [0.1, 0.15) is 5.54 Å². The van der Waals surface area contributed by atoms with Crippen molar-refractivity contribution in [2.24, 2.45) is 0 Å². The Kier molecular flexibility index (Phi) is 6.25. The van der Waals surface area contributed by atoms with E-state index in [0.717, 1.165) is 39.0 Å². The van der Waals surface area contributed by atoms with Crippen molar-refractivity contribution < 1.29 is 0 Å². The number of nitrogens with zero attached hydrogens (tertiary/aromatic N) is 3. The summed E-state index contributed by atoms with van der Waals surface area (Å²) in [6.07, 6.45) is 2.01. The first-order chi connectivity index (χ1) is 8.91. The van der Waals surface area contributed by atoms with Crippen molar-refractivity contribution in [3.8, 4) is 6.07 Å². The van der Waals surface area contributed by atoms with Crippen molar-refractivity contribution in [3.05, 3.63) is 0 Å². The summed E-state index contributed by atoms with van der Waals surface area (Å²) in [5.74, 6) is 0. The molecule has 3 unspecified atom stereocenters. The zero-order valence-corrected chi connectivity index (χ0v) is 13.2. The largest absolute Gasteiger partial charge is 0.300 e. The fourth-order valence-corrected chi connectivity index (χ4v) is 2.93. The van der Waals surface area contributed by atoms with Crippen LogP contribution >= 0.6 is 0 Å². The summed E-state index contributed by atoms with van der Waals surface area (Å²) in [5.41, 5.74) is -0.363. The zero-order valence-electron chi connectivity index (χ0n) is 13.2. The molecule has 0 aromatic carbocycles. The van der Waals surface area contributed by atoms with Gasteiger partial charge >= 0.3 is 0 Å². The highest BCUT2D eigenvalue weighted by Gasteiger charge is 2.27. The van der Waals surface area contributed by atoms with Crippen LogP contribution in [0.4, 0.5) is 0 Å². The topological polar surface area (TPSA) is 42.3 Å². The molecule has 0 radical (unpaired) electrons. The standard InChI is InChI=1S/C15H30N4/c1-6-17-15(4,12-16)8-7-9-19-10-13(2)18(5)14(3)11-19/h13-14,17H,6-11H2,1-5H3. The molecule has 3 atom stereocenters. The smallest absolute Gasteiger partial charge is 0.103 e. The molecule has 1 heterocycles. The summed E-state index contributed by atoms with van der Waals surface area (Å²) in [7, 11) is 2.21. The van der Waals surface area contributed by atoms with Gasteiger partial charge in [-0.25, -0.2) is 0 Å². The SMILES string of the molecule is CCNC(C)(C#N)CCCN1CC(C)N(C)C(C)C1. The van der Waals surface area contributed by atoms with Gasteiger partial charge in [0, 0.05) is 25.2 Å². The van der Waals surface area contributed by atoms with Crippen LogP contribution in [0.15, 0.2) is 0 Å². The summed E-state index contributed by atoms with van der Waals surface area (Å²) in [6, 6.07) is 3.65. The molecule has 1 aliphatic heterocycles. The molecule has 0 bridgehead atoms. The normalized spacial score (nSPS) is 28.8. The summed E-state index contributed by atoms with van der Waals surface area (Å²) in [5, 5.41) is 12.5. The lowest BCUT2D eigenvalue weighted by molar-refractivity contribution is 0.0584. The van der Waals surface area contributed by atoms with E-state index < -0.39 is 0 Å². The van der Waals surface area contributed by atoms with E-state index >= 15 is 0 Å². The Labute approximate surface area is 118 Å². The third-order valence-corrected chi connectivity index (χ3v) is 4.40. The van der Waals surface area contributed by atoms with E-state index in [4.69, 9.17) is 0 Å². The van der Waals surface area contributed by atoms with Crippen LogP contribution < -0.4 is 5.32 Å². The quantitative estimate of drug-likeness (QED) is 0.794.